The van der Waals surface area contributed by atoms with Crippen LogP contribution in [0.3, 0.4) is 0 Å². The zero-order valence-electron chi connectivity index (χ0n) is 21.3. The van der Waals surface area contributed by atoms with Crippen LogP contribution in [0.15, 0.2) is 48.8 Å². The maximum absolute atomic E-state index is 14.7. The number of halogens is 1. The molecule has 194 valence electrons. The first kappa shape index (κ1) is 26.0. The molecule has 2 aromatic carbocycles. The minimum absolute atomic E-state index is 0.0259. The van der Waals surface area contributed by atoms with Crippen LogP contribution in [0.2, 0.25) is 0 Å². The van der Waals surface area contributed by atoms with Crippen molar-refractivity contribution in [1.82, 2.24) is 25.1 Å². The monoisotopic (exact) mass is 506 g/mol. The maximum Gasteiger partial charge on any atom is 0.254 e. The molecule has 0 radical (unpaired) electrons. The van der Waals surface area contributed by atoms with E-state index in [0.29, 0.717) is 42.1 Å². The van der Waals surface area contributed by atoms with Crippen molar-refractivity contribution >= 4 is 23.5 Å². The van der Waals surface area contributed by atoms with Gasteiger partial charge >= 0.3 is 0 Å². The van der Waals surface area contributed by atoms with E-state index in [-0.39, 0.29) is 17.6 Å². The van der Waals surface area contributed by atoms with Gasteiger partial charge in [0.15, 0.2) is 11.6 Å². The van der Waals surface area contributed by atoms with Crippen molar-refractivity contribution in [1.29, 1.82) is 0 Å². The molecule has 0 atom stereocenters. The maximum atomic E-state index is 14.7. The zero-order chi connectivity index (χ0) is 26.4. The SMILES string of the molecule is CCN1CCN(C(=O)c2ccc(Nc3ncc(CCc4cc(C(=O)NC)cc(OC)c4F)cn3)cc2)C1. The summed E-state index contributed by atoms with van der Waals surface area (Å²) in [4.78, 5) is 37.5. The molecule has 1 fully saturated rings. The number of benzene rings is 2. The number of carbonyl (C=O) groups excluding carboxylic acids is 2. The summed E-state index contributed by atoms with van der Waals surface area (Å²) < 4.78 is 19.8. The molecule has 37 heavy (non-hydrogen) atoms. The van der Waals surface area contributed by atoms with Crippen molar-refractivity contribution in [3.05, 3.63) is 76.9 Å². The number of aromatic nitrogens is 2. The summed E-state index contributed by atoms with van der Waals surface area (Å²) in [6.45, 7) is 5.33. The number of nitrogens with zero attached hydrogens (tertiary/aromatic N) is 4. The van der Waals surface area contributed by atoms with Crippen molar-refractivity contribution in [3.63, 3.8) is 0 Å². The highest BCUT2D eigenvalue weighted by atomic mass is 19.1. The Kier molecular flexibility index (Phi) is 8.29. The number of likely N-dealkylation sites (N-methyl/N-ethyl adjacent to an activating group) is 1. The molecule has 0 unspecified atom stereocenters. The fourth-order valence-corrected chi connectivity index (χ4v) is 4.17. The molecular weight excluding hydrogens is 475 g/mol. The van der Waals surface area contributed by atoms with Crippen LogP contribution in [0, 0.1) is 5.82 Å². The lowest BCUT2D eigenvalue weighted by Gasteiger charge is -2.17. The highest BCUT2D eigenvalue weighted by Gasteiger charge is 2.23. The molecule has 1 aliphatic heterocycles. The van der Waals surface area contributed by atoms with Crippen molar-refractivity contribution < 1.29 is 18.7 Å². The molecule has 9 nitrogen and oxygen atoms in total. The van der Waals surface area contributed by atoms with E-state index in [2.05, 4.69) is 32.4 Å². The molecule has 10 heteroatoms. The van der Waals surface area contributed by atoms with E-state index in [1.54, 1.807) is 24.5 Å². The van der Waals surface area contributed by atoms with Gasteiger partial charge in [-0.2, -0.15) is 0 Å². The van der Waals surface area contributed by atoms with Gasteiger partial charge < -0.3 is 20.3 Å². The number of carbonyl (C=O) groups is 2. The summed E-state index contributed by atoms with van der Waals surface area (Å²) in [6, 6.07) is 10.2. The van der Waals surface area contributed by atoms with Crippen LogP contribution in [0.25, 0.3) is 0 Å². The first-order valence-corrected chi connectivity index (χ1v) is 12.2. The lowest BCUT2D eigenvalue weighted by Crippen LogP contribution is -2.31. The summed E-state index contributed by atoms with van der Waals surface area (Å²) in [5.74, 6) is -0.324. The van der Waals surface area contributed by atoms with Crippen LogP contribution in [-0.4, -0.2) is 72.0 Å². The second-order valence-corrected chi connectivity index (χ2v) is 8.77. The fraction of sp³-hybridized carbons (Fsp3) is 0.333. The van der Waals surface area contributed by atoms with Crippen molar-refractivity contribution in [2.24, 2.45) is 0 Å². The van der Waals surface area contributed by atoms with Crippen molar-refractivity contribution in [2.75, 3.05) is 45.8 Å². The Bertz CT molecular complexity index is 1250. The predicted octanol–water partition coefficient (Wildman–Crippen LogP) is 3.25. The van der Waals surface area contributed by atoms with Gasteiger partial charge in [-0.3, -0.25) is 14.5 Å². The molecule has 1 aliphatic rings. The Labute approximate surface area is 215 Å². The third-order valence-corrected chi connectivity index (χ3v) is 6.39. The topological polar surface area (TPSA) is 99.7 Å². The summed E-state index contributed by atoms with van der Waals surface area (Å²) in [7, 11) is 2.89. The van der Waals surface area contributed by atoms with Crippen LogP contribution in [0.4, 0.5) is 16.0 Å². The number of hydrogen-bond donors (Lipinski definition) is 2. The largest absolute Gasteiger partial charge is 0.494 e. The second-order valence-electron chi connectivity index (χ2n) is 8.77. The number of anilines is 2. The Morgan fingerprint density at radius 2 is 1.78 bits per heavy atom. The predicted molar refractivity (Wildman–Crippen MR) is 139 cm³/mol. The number of nitrogens with one attached hydrogen (secondary N) is 2. The Balaban J connectivity index is 1.35. The number of aryl methyl sites for hydroxylation is 2. The molecule has 4 rings (SSSR count). The number of methoxy groups -OCH3 is 1. The highest BCUT2D eigenvalue weighted by Crippen LogP contribution is 2.24. The zero-order valence-corrected chi connectivity index (χ0v) is 21.3. The number of rotatable bonds is 9. The van der Waals surface area contributed by atoms with Crippen LogP contribution in [0.1, 0.15) is 38.8 Å². The molecular formula is C27H31FN6O3. The summed E-state index contributed by atoms with van der Waals surface area (Å²) in [5, 5.41) is 5.67. The molecule has 1 aromatic heterocycles. The summed E-state index contributed by atoms with van der Waals surface area (Å²) in [5.41, 5.74) is 2.95. The third-order valence-electron chi connectivity index (χ3n) is 6.39. The standard InChI is InChI=1S/C27H31FN6O3/c1-4-33-11-12-34(17-33)26(36)19-7-9-22(10-8-19)32-27-30-15-18(16-31-27)5-6-20-13-21(25(35)29-2)14-23(37-3)24(20)28/h7-10,13-16H,4-6,11-12,17H2,1-3H3,(H,29,35)(H,30,31,32). The minimum atomic E-state index is -0.483. The number of ether oxygens (including phenoxy) is 1. The summed E-state index contributed by atoms with van der Waals surface area (Å²) in [6.07, 6.45) is 4.20. The number of hydrogen-bond acceptors (Lipinski definition) is 7. The van der Waals surface area contributed by atoms with Gasteiger partial charge in [-0.15, -0.1) is 0 Å². The van der Waals surface area contributed by atoms with Gasteiger partial charge in [-0.1, -0.05) is 6.92 Å². The van der Waals surface area contributed by atoms with E-state index in [0.717, 1.165) is 30.9 Å². The van der Waals surface area contributed by atoms with E-state index >= 15 is 0 Å². The van der Waals surface area contributed by atoms with Gasteiger partial charge in [0.05, 0.1) is 13.8 Å². The van der Waals surface area contributed by atoms with Crippen LogP contribution in [-0.2, 0) is 12.8 Å². The van der Waals surface area contributed by atoms with Crippen LogP contribution in [0.5, 0.6) is 5.75 Å². The lowest BCUT2D eigenvalue weighted by molar-refractivity contribution is 0.0767. The Morgan fingerprint density at radius 1 is 1.05 bits per heavy atom. The number of amides is 2. The van der Waals surface area contributed by atoms with E-state index < -0.39 is 5.82 Å². The average Bonchev–Trinajstić information content (AvgIpc) is 3.42. The smallest absolute Gasteiger partial charge is 0.254 e. The Morgan fingerprint density at radius 3 is 2.41 bits per heavy atom. The molecule has 1 saturated heterocycles. The molecule has 0 aliphatic carbocycles. The molecule has 3 aromatic rings. The van der Waals surface area contributed by atoms with Gasteiger partial charge in [0, 0.05) is 49.3 Å². The molecule has 0 saturated carbocycles. The third kappa shape index (κ3) is 6.21. The normalized spacial score (nSPS) is 13.5. The van der Waals surface area contributed by atoms with Gasteiger partial charge in [0.25, 0.3) is 11.8 Å². The van der Waals surface area contributed by atoms with Crippen LogP contribution < -0.4 is 15.4 Å². The molecule has 0 bridgehead atoms. The molecule has 2 amide bonds. The van der Waals surface area contributed by atoms with Crippen LogP contribution >= 0.6 is 0 Å². The average molecular weight is 507 g/mol. The molecule has 0 spiro atoms. The van der Waals surface area contributed by atoms with E-state index in [1.165, 1.54) is 26.3 Å². The van der Waals surface area contributed by atoms with Gasteiger partial charge in [0.1, 0.15) is 0 Å². The molecule has 2 N–H and O–H groups in total. The van der Waals surface area contributed by atoms with Gasteiger partial charge in [0.2, 0.25) is 5.95 Å². The van der Waals surface area contributed by atoms with E-state index in [1.807, 2.05) is 17.0 Å². The van der Waals surface area contributed by atoms with Gasteiger partial charge in [-0.25, -0.2) is 14.4 Å². The van der Waals surface area contributed by atoms with E-state index in [4.69, 9.17) is 4.74 Å². The lowest BCUT2D eigenvalue weighted by atomic mass is 10.0. The first-order chi connectivity index (χ1) is 17.9. The second kappa shape index (κ2) is 11.8. The Hall–Kier alpha value is -4.05. The highest BCUT2D eigenvalue weighted by molar-refractivity contribution is 5.95. The fourth-order valence-electron chi connectivity index (χ4n) is 4.17. The quantitative estimate of drug-likeness (QED) is 0.460. The van der Waals surface area contributed by atoms with E-state index in [9.17, 15) is 14.0 Å². The van der Waals surface area contributed by atoms with Crippen molar-refractivity contribution in [2.45, 2.75) is 19.8 Å². The summed E-state index contributed by atoms with van der Waals surface area (Å²) >= 11 is 0. The van der Waals surface area contributed by atoms with Crippen molar-refractivity contribution in [3.8, 4) is 5.75 Å². The molecule has 2 heterocycles. The minimum Gasteiger partial charge on any atom is -0.494 e. The van der Waals surface area contributed by atoms with Gasteiger partial charge in [-0.05, 0) is 66.9 Å². The first-order valence-electron chi connectivity index (χ1n) is 12.2.